The lowest BCUT2D eigenvalue weighted by molar-refractivity contribution is -0.599. The van der Waals surface area contributed by atoms with Gasteiger partial charge in [0.2, 0.25) is 0 Å². The summed E-state index contributed by atoms with van der Waals surface area (Å²) in [4.78, 5) is 0. The lowest BCUT2D eigenvalue weighted by Crippen LogP contribution is -3.62. The predicted molar refractivity (Wildman–Crippen MR) is 222 cm³/mol. The SMILES string of the molecule is CCCCCCCCCCCCc1ccccc1[I+]c1ccccc1CCCCCCCCCCCC.F[B-](F)(F)F.F[B-](F)(F)F.F[B-](F)(F)F.F[B-](F)(F)F.F[B-](F)(F)F.F[B-](F)(F)F. The van der Waals surface area contributed by atoms with Crippen molar-refractivity contribution in [3.05, 3.63) is 66.8 Å². The third-order valence-corrected chi connectivity index (χ3v) is 11.0. The minimum Gasteiger partial charge on any atom is -0.418 e. The molecule has 0 N–H and O–H groups in total. The molecule has 0 bridgehead atoms. The highest BCUT2D eigenvalue weighted by atomic mass is 127. The highest BCUT2D eigenvalue weighted by Gasteiger charge is 2.24. The molecule has 0 nitrogen and oxygen atoms in total. The molecule has 0 amide bonds. The summed E-state index contributed by atoms with van der Waals surface area (Å²) in [6.07, 6.45) is 30.9. The van der Waals surface area contributed by atoms with E-state index in [0.717, 1.165) is 0 Å². The molecule has 0 aliphatic rings. The predicted octanol–water partition coefficient (Wildman–Crippen LogP) is 16.5. The Kier molecular flexibility index (Phi) is 47.1. The monoisotopic (exact) mass is 1140 g/mol. The third kappa shape index (κ3) is 107. The molecule has 0 saturated carbocycles. The van der Waals surface area contributed by atoms with Crippen LogP contribution < -0.4 is 21.2 Å². The molecule has 67 heavy (non-hydrogen) atoms. The molecule has 0 aromatic heterocycles. The Labute approximate surface area is 389 Å². The molecular weight excluding hydrogens is 1080 g/mol. The Balaban J connectivity index is -0.000000342. The van der Waals surface area contributed by atoms with Crippen LogP contribution in [0.4, 0.5) is 104 Å². The second-order valence-electron chi connectivity index (χ2n) is 14.1. The van der Waals surface area contributed by atoms with Crippen molar-refractivity contribution in [2.24, 2.45) is 0 Å². The summed E-state index contributed by atoms with van der Waals surface area (Å²) in [5.74, 6) is 0. The number of hydrogen-bond donors (Lipinski definition) is 0. The lowest BCUT2D eigenvalue weighted by atomic mass is 10.0. The topological polar surface area (TPSA) is 0 Å². The van der Waals surface area contributed by atoms with Crippen LogP contribution in [0, 0.1) is 7.14 Å². The first-order chi connectivity index (χ1) is 30.3. The van der Waals surface area contributed by atoms with E-state index in [-0.39, 0.29) is 21.2 Å². The fourth-order valence-electron chi connectivity index (χ4n) is 5.30. The van der Waals surface area contributed by atoms with Gasteiger partial charge in [0.05, 0.1) is 0 Å². The number of benzene rings is 2. The lowest BCUT2D eigenvalue weighted by Gasteiger charge is -2.05. The van der Waals surface area contributed by atoms with Gasteiger partial charge in [-0.15, -0.1) is 0 Å². The number of halogens is 25. The quantitative estimate of drug-likeness (QED) is 0.0425. The van der Waals surface area contributed by atoms with E-state index in [2.05, 4.69) is 62.4 Å². The summed E-state index contributed by atoms with van der Waals surface area (Å²) in [7, 11) is -36.0. The third-order valence-electron chi connectivity index (χ3n) is 7.72. The summed E-state index contributed by atoms with van der Waals surface area (Å²) in [6, 6.07) is 18.7. The molecule has 0 radical (unpaired) electrons. The molecule has 2 rings (SSSR count). The van der Waals surface area contributed by atoms with Crippen molar-refractivity contribution in [3.8, 4) is 0 Å². The number of rotatable bonds is 24. The van der Waals surface area contributed by atoms with Crippen LogP contribution in [0.5, 0.6) is 0 Å². The zero-order valence-corrected chi connectivity index (χ0v) is 39.2. The van der Waals surface area contributed by atoms with E-state index in [1.54, 1.807) is 18.3 Å². The van der Waals surface area contributed by atoms with Crippen molar-refractivity contribution in [1.82, 2.24) is 0 Å². The van der Waals surface area contributed by atoms with Crippen LogP contribution in [0.15, 0.2) is 48.5 Å². The Hall–Kier alpha value is -2.12. The van der Waals surface area contributed by atoms with Gasteiger partial charge in [0.1, 0.15) is 0 Å². The molecule has 31 heteroatoms. The van der Waals surface area contributed by atoms with Crippen molar-refractivity contribution < 1.29 is 125 Å². The maximum Gasteiger partial charge on any atom is 0.673 e. The van der Waals surface area contributed by atoms with Gasteiger partial charge in [-0.05, 0) is 37.8 Å². The molecule has 2 aromatic rings. The van der Waals surface area contributed by atoms with Gasteiger partial charge in [0.15, 0.2) is 7.14 Å². The first kappa shape index (κ1) is 73.8. The fourth-order valence-corrected chi connectivity index (χ4v) is 8.29. The maximum absolute atomic E-state index is 9.75. The molecule has 0 heterocycles. The molecule has 2 aromatic carbocycles. The van der Waals surface area contributed by atoms with Gasteiger partial charge in [-0.1, -0.05) is 166 Å². The highest BCUT2D eigenvalue weighted by Crippen LogP contribution is 2.15. The van der Waals surface area contributed by atoms with Crippen molar-refractivity contribution in [1.29, 1.82) is 0 Å². The summed E-state index contributed by atoms with van der Waals surface area (Å²) >= 11 is -0.0947. The van der Waals surface area contributed by atoms with Gasteiger partial charge >= 0.3 is 64.7 Å². The molecule has 0 unspecified atom stereocenters. The molecule has 0 fully saturated rings. The zero-order valence-electron chi connectivity index (χ0n) is 37.1. The molecule has 0 spiro atoms. The second-order valence-corrected chi connectivity index (χ2v) is 17.0. The number of unbranched alkanes of at least 4 members (excludes halogenated alkanes) is 18. The van der Waals surface area contributed by atoms with Crippen molar-refractivity contribution >= 4 is 43.5 Å². The van der Waals surface area contributed by atoms with Crippen LogP contribution >= 0.6 is 0 Å². The van der Waals surface area contributed by atoms with E-state index in [0.29, 0.717) is 0 Å². The summed E-state index contributed by atoms with van der Waals surface area (Å²) < 4.78 is 237. The summed E-state index contributed by atoms with van der Waals surface area (Å²) in [5.41, 5.74) is 3.26. The standard InChI is InChI=1S/C36H58I.6BF4/c1-3-5-7-9-11-13-15-17-19-21-27-33-29-23-25-31-35(33)37-36-32-26-24-30-34(36)28-22-20-18-16-14-12-10-8-6-4-2;6*2-1(3,4)5/h23-26,29-32H,3-22,27-28H2,1-2H3;;;;;;/q+1;6*-1. The summed E-state index contributed by atoms with van der Waals surface area (Å²) in [5, 5.41) is 0. The molecule has 0 aliphatic heterocycles. The van der Waals surface area contributed by atoms with Crippen LogP contribution in [0.25, 0.3) is 0 Å². The van der Waals surface area contributed by atoms with E-state index >= 15 is 0 Å². The van der Waals surface area contributed by atoms with Crippen LogP contribution in [0.2, 0.25) is 0 Å². The Bertz CT molecular complexity index is 1180. The average molecular weight is 1140 g/mol. The molecule has 400 valence electrons. The second kappa shape index (κ2) is 42.7. The maximum atomic E-state index is 9.75. The van der Waals surface area contributed by atoms with Gasteiger partial charge in [-0.2, -0.15) is 0 Å². The Morgan fingerprint density at radius 1 is 0.269 bits per heavy atom. The average Bonchev–Trinajstić information content (AvgIpc) is 3.10. The smallest absolute Gasteiger partial charge is 0.418 e. The fraction of sp³-hybridized carbons (Fsp3) is 0.667. The van der Waals surface area contributed by atoms with Crippen LogP contribution in [0.3, 0.4) is 0 Å². The molecule has 0 atom stereocenters. The Morgan fingerprint density at radius 3 is 0.627 bits per heavy atom. The van der Waals surface area contributed by atoms with Crippen LogP contribution in [-0.2, 0) is 12.8 Å². The highest BCUT2D eigenvalue weighted by molar-refractivity contribution is 6.51. The van der Waals surface area contributed by atoms with Crippen LogP contribution in [-0.4, -0.2) is 43.5 Å². The van der Waals surface area contributed by atoms with E-state index in [1.807, 2.05) is 0 Å². The summed E-state index contributed by atoms with van der Waals surface area (Å²) in [6.45, 7) is 4.61. The van der Waals surface area contributed by atoms with Crippen molar-refractivity contribution in [3.63, 3.8) is 0 Å². The van der Waals surface area contributed by atoms with E-state index in [4.69, 9.17) is 0 Å². The molecular formula is C36H58B6F24I-5. The van der Waals surface area contributed by atoms with Gasteiger partial charge in [0, 0.05) is 11.1 Å². The van der Waals surface area contributed by atoms with Gasteiger partial charge < -0.3 is 104 Å². The van der Waals surface area contributed by atoms with E-state index in [9.17, 15) is 104 Å². The zero-order chi connectivity index (χ0) is 53.2. The van der Waals surface area contributed by atoms with Gasteiger partial charge in [-0.3, -0.25) is 0 Å². The normalized spacial score (nSPS) is 11.6. The largest absolute Gasteiger partial charge is 0.673 e. The van der Waals surface area contributed by atoms with Gasteiger partial charge in [-0.25, -0.2) is 0 Å². The minimum absolute atomic E-state index is 0.0947. The van der Waals surface area contributed by atoms with Crippen molar-refractivity contribution in [2.45, 2.75) is 155 Å². The number of aryl methyl sites for hydroxylation is 2. The molecule has 0 aliphatic carbocycles. The van der Waals surface area contributed by atoms with E-state index in [1.165, 1.54) is 141 Å². The number of hydrogen-bond acceptors (Lipinski definition) is 0. The van der Waals surface area contributed by atoms with Gasteiger partial charge in [0.25, 0.3) is 0 Å². The minimum atomic E-state index is -6.00. The molecule has 0 saturated heterocycles. The Morgan fingerprint density at radius 2 is 0.433 bits per heavy atom. The van der Waals surface area contributed by atoms with Crippen LogP contribution in [0.1, 0.15) is 153 Å². The van der Waals surface area contributed by atoms with E-state index < -0.39 is 43.5 Å². The van der Waals surface area contributed by atoms with Crippen molar-refractivity contribution in [2.75, 3.05) is 0 Å². The first-order valence-corrected chi connectivity index (χ1v) is 23.5. The first-order valence-electron chi connectivity index (χ1n) is 21.4.